The topological polar surface area (TPSA) is 149 Å². The number of aliphatic hydroxyl groups excluding tert-OH is 2. The molecule has 312 valence electrons. The first-order valence-electron chi connectivity index (χ1n) is 21.3. The summed E-state index contributed by atoms with van der Waals surface area (Å²) < 4.78 is 32.7. The van der Waals surface area contributed by atoms with Gasteiger partial charge in [0.25, 0.3) is 0 Å². The molecule has 0 bridgehead atoms. The fraction of sp³-hybridized carbons (Fsp3) is 0.857. The number of ether oxygens (including phenoxy) is 2. The van der Waals surface area contributed by atoms with Gasteiger partial charge in [-0.05, 0) is 51.4 Å². The van der Waals surface area contributed by atoms with Crippen molar-refractivity contribution in [3.8, 4) is 0 Å². The van der Waals surface area contributed by atoms with E-state index in [1.807, 2.05) is 6.08 Å². The molecule has 3 atom stereocenters. The van der Waals surface area contributed by atoms with Gasteiger partial charge in [-0.2, -0.15) is 0 Å². The van der Waals surface area contributed by atoms with Gasteiger partial charge in [-0.15, -0.1) is 6.58 Å². The minimum Gasteiger partial charge on any atom is -0.462 e. The molecule has 53 heavy (non-hydrogen) atoms. The van der Waals surface area contributed by atoms with Gasteiger partial charge in [-0.3, -0.25) is 18.6 Å². The minimum atomic E-state index is -4.62. The number of esters is 2. The molecule has 0 aliphatic rings. The third-order valence-electron chi connectivity index (χ3n) is 9.22. The molecule has 0 aromatic heterocycles. The van der Waals surface area contributed by atoms with Crippen molar-refractivity contribution in [2.45, 2.75) is 205 Å². The Kier molecular flexibility index (Phi) is 37.6. The van der Waals surface area contributed by atoms with Crippen LogP contribution in [0.1, 0.15) is 193 Å². The monoisotopic (exact) mass is 775 g/mol. The minimum absolute atomic E-state index is 0.180. The van der Waals surface area contributed by atoms with Gasteiger partial charge in [0, 0.05) is 12.8 Å². The van der Waals surface area contributed by atoms with Crippen molar-refractivity contribution in [2.24, 2.45) is 0 Å². The van der Waals surface area contributed by atoms with Crippen LogP contribution >= 0.6 is 7.82 Å². The predicted octanol–water partition coefficient (Wildman–Crippen LogP) is 11.0. The van der Waals surface area contributed by atoms with Crippen LogP contribution < -0.4 is 0 Å². The van der Waals surface area contributed by atoms with E-state index in [4.69, 9.17) is 19.1 Å². The quantitative estimate of drug-likeness (QED) is 0.0237. The number of carbonyl (C=O) groups excluding carboxylic acids is 2. The Morgan fingerprint density at radius 1 is 0.604 bits per heavy atom. The highest BCUT2D eigenvalue weighted by Crippen LogP contribution is 2.43. The molecule has 0 aliphatic heterocycles. The van der Waals surface area contributed by atoms with E-state index >= 15 is 0 Å². The van der Waals surface area contributed by atoms with Crippen molar-refractivity contribution in [3.63, 3.8) is 0 Å². The summed E-state index contributed by atoms with van der Waals surface area (Å²) in [5.74, 6) is -0.948. The molecule has 0 radical (unpaired) electrons. The van der Waals surface area contributed by atoms with E-state index in [1.165, 1.54) is 116 Å². The predicted molar refractivity (Wildman–Crippen MR) is 215 cm³/mol. The SMILES string of the molecule is C=CCCCCCCCCCCCCCCCC(=O)O[C@H](COC(=O)CCCC/C=C/CCCCCCCCCCC)COP(=O)(O)OC[C@@H](O)CO. The van der Waals surface area contributed by atoms with Crippen molar-refractivity contribution in [2.75, 3.05) is 26.4 Å². The van der Waals surface area contributed by atoms with Crippen LogP contribution in [0.2, 0.25) is 0 Å². The summed E-state index contributed by atoms with van der Waals surface area (Å²) in [6, 6.07) is 0. The molecule has 0 aromatic rings. The molecule has 10 nitrogen and oxygen atoms in total. The lowest BCUT2D eigenvalue weighted by Gasteiger charge is -2.20. The summed E-state index contributed by atoms with van der Waals surface area (Å²) in [7, 11) is -4.62. The first-order chi connectivity index (χ1) is 25.7. The van der Waals surface area contributed by atoms with Gasteiger partial charge in [0.15, 0.2) is 6.10 Å². The summed E-state index contributed by atoms with van der Waals surface area (Å²) in [6.45, 7) is 3.89. The number of phosphoric ester groups is 1. The summed E-state index contributed by atoms with van der Waals surface area (Å²) >= 11 is 0. The Morgan fingerprint density at radius 2 is 1.02 bits per heavy atom. The van der Waals surface area contributed by atoms with Crippen molar-refractivity contribution in [1.29, 1.82) is 0 Å². The normalized spacial score (nSPS) is 13.9. The van der Waals surface area contributed by atoms with Crippen LogP contribution in [0.3, 0.4) is 0 Å². The summed E-state index contributed by atoms with van der Waals surface area (Å²) in [5.41, 5.74) is 0. The third kappa shape index (κ3) is 38.5. The Balaban J connectivity index is 4.30. The maximum absolute atomic E-state index is 12.6. The van der Waals surface area contributed by atoms with E-state index in [1.54, 1.807) is 0 Å². The number of unbranched alkanes of at least 4 members (excludes halogenated alkanes) is 24. The van der Waals surface area contributed by atoms with E-state index in [0.29, 0.717) is 12.8 Å². The standard InChI is InChI=1S/C42H79O10P/c1-3-5-7-9-11-13-15-17-19-21-23-25-27-29-31-33-41(45)49-37-40(38-51-53(47,48)50-36-39(44)35-43)52-42(46)34-32-30-28-26-24-22-20-18-16-14-12-10-8-6-4-2/h4,23,25,39-40,43-44H,2-3,5-22,24,26-38H2,1H3,(H,47,48)/b25-23+/t39-,40+/m0/s1. The van der Waals surface area contributed by atoms with Crippen LogP contribution in [-0.2, 0) is 32.7 Å². The van der Waals surface area contributed by atoms with Crippen LogP contribution in [0.15, 0.2) is 24.8 Å². The summed E-state index contributed by atoms with van der Waals surface area (Å²) in [5, 5.41) is 18.3. The zero-order valence-corrected chi connectivity index (χ0v) is 34.5. The molecule has 0 saturated heterocycles. The average molecular weight is 775 g/mol. The molecular weight excluding hydrogens is 695 g/mol. The number of rotatable bonds is 41. The van der Waals surface area contributed by atoms with Crippen molar-refractivity contribution in [3.05, 3.63) is 24.8 Å². The molecule has 0 aliphatic carbocycles. The van der Waals surface area contributed by atoms with Crippen molar-refractivity contribution < 1.29 is 47.8 Å². The van der Waals surface area contributed by atoms with Gasteiger partial charge in [0.1, 0.15) is 12.7 Å². The van der Waals surface area contributed by atoms with E-state index in [-0.39, 0.29) is 19.4 Å². The van der Waals surface area contributed by atoms with Crippen LogP contribution in [0.5, 0.6) is 0 Å². The lowest BCUT2D eigenvalue weighted by molar-refractivity contribution is -0.161. The van der Waals surface area contributed by atoms with Crippen LogP contribution in [0, 0.1) is 0 Å². The van der Waals surface area contributed by atoms with Crippen LogP contribution in [0.25, 0.3) is 0 Å². The van der Waals surface area contributed by atoms with Gasteiger partial charge in [0.05, 0.1) is 19.8 Å². The number of hydrogen-bond acceptors (Lipinski definition) is 9. The Bertz CT molecular complexity index is 928. The molecule has 0 spiro atoms. The van der Waals surface area contributed by atoms with E-state index < -0.39 is 51.8 Å². The van der Waals surface area contributed by atoms with Gasteiger partial charge < -0.3 is 24.6 Å². The fourth-order valence-corrected chi connectivity index (χ4v) is 6.70. The second-order valence-corrected chi connectivity index (χ2v) is 15.9. The van der Waals surface area contributed by atoms with E-state index in [9.17, 15) is 24.2 Å². The Morgan fingerprint density at radius 3 is 1.53 bits per heavy atom. The average Bonchev–Trinajstić information content (AvgIpc) is 3.14. The van der Waals surface area contributed by atoms with Gasteiger partial charge in [-0.25, -0.2) is 4.57 Å². The van der Waals surface area contributed by atoms with Crippen LogP contribution in [0.4, 0.5) is 0 Å². The molecule has 0 saturated carbocycles. The second-order valence-electron chi connectivity index (χ2n) is 14.4. The highest BCUT2D eigenvalue weighted by molar-refractivity contribution is 7.47. The molecule has 3 N–H and O–H groups in total. The lowest BCUT2D eigenvalue weighted by atomic mass is 10.0. The molecule has 1 unspecified atom stereocenters. The molecule has 0 fully saturated rings. The first-order valence-corrected chi connectivity index (χ1v) is 22.7. The number of phosphoric acid groups is 1. The highest BCUT2D eigenvalue weighted by Gasteiger charge is 2.27. The van der Waals surface area contributed by atoms with Gasteiger partial charge in [0.2, 0.25) is 0 Å². The van der Waals surface area contributed by atoms with Crippen molar-refractivity contribution >= 4 is 19.8 Å². The summed E-state index contributed by atoms with van der Waals surface area (Å²) in [6.07, 6.45) is 36.1. The number of allylic oxidation sites excluding steroid dienone is 3. The number of aliphatic hydroxyl groups is 2. The molecule has 0 rings (SSSR count). The fourth-order valence-electron chi connectivity index (χ4n) is 5.91. The molecule has 11 heteroatoms. The zero-order chi connectivity index (χ0) is 39.1. The lowest BCUT2D eigenvalue weighted by Crippen LogP contribution is -2.29. The molecule has 0 aromatic carbocycles. The zero-order valence-electron chi connectivity index (χ0n) is 33.6. The smallest absolute Gasteiger partial charge is 0.462 e. The maximum atomic E-state index is 12.6. The van der Waals surface area contributed by atoms with Gasteiger partial charge >= 0.3 is 19.8 Å². The Hall–Kier alpha value is -1.55. The first kappa shape index (κ1) is 51.5. The highest BCUT2D eigenvalue weighted by atomic mass is 31.2. The molecule has 0 heterocycles. The largest absolute Gasteiger partial charge is 0.472 e. The molecule has 0 amide bonds. The van der Waals surface area contributed by atoms with E-state index in [0.717, 1.165) is 44.9 Å². The molecular formula is C42H79O10P. The number of carbonyl (C=O) groups is 2. The Labute approximate surface area is 323 Å². The maximum Gasteiger partial charge on any atom is 0.472 e. The van der Waals surface area contributed by atoms with Crippen molar-refractivity contribution in [1.82, 2.24) is 0 Å². The summed E-state index contributed by atoms with van der Waals surface area (Å²) in [4.78, 5) is 34.9. The second kappa shape index (κ2) is 38.7. The van der Waals surface area contributed by atoms with Gasteiger partial charge in [-0.1, -0.05) is 147 Å². The third-order valence-corrected chi connectivity index (χ3v) is 10.2. The van der Waals surface area contributed by atoms with E-state index in [2.05, 4.69) is 30.2 Å². The van der Waals surface area contributed by atoms with Crippen LogP contribution in [-0.4, -0.2) is 65.7 Å². The number of hydrogen-bond donors (Lipinski definition) is 3.